The maximum Gasteiger partial charge on any atom is 0.192 e. The molecule has 0 radical (unpaired) electrons. The molecule has 7 atom stereocenters. The molecule has 2 unspecified atom stereocenters. The van der Waals surface area contributed by atoms with Gasteiger partial charge in [0.15, 0.2) is 23.0 Å². The molecule has 0 aliphatic heterocycles. The number of fused-ring (bicyclic) bond motifs is 3. The highest BCUT2D eigenvalue weighted by molar-refractivity contribution is 6.27. The summed E-state index contributed by atoms with van der Waals surface area (Å²) in [6.45, 7) is 12.2. The smallest absolute Gasteiger partial charge is 0.192 e. The van der Waals surface area contributed by atoms with Gasteiger partial charge in [-0.1, -0.05) is 57.9 Å². The number of ketones is 5. The number of hydrogen-bond donors (Lipinski definition) is 2. The molecule has 4 aliphatic rings. The van der Waals surface area contributed by atoms with Crippen LogP contribution in [0.4, 0.5) is 0 Å². The second-order valence-electron chi connectivity index (χ2n) is 13.1. The van der Waals surface area contributed by atoms with Crippen LogP contribution in [0, 0.1) is 40.4 Å². The molecule has 7 nitrogen and oxygen atoms in total. The molecule has 4 aliphatic carbocycles. The summed E-state index contributed by atoms with van der Waals surface area (Å²) in [5, 5.41) is 23.2. The molecule has 208 valence electrons. The Morgan fingerprint density at radius 2 is 1.69 bits per heavy atom. The van der Waals surface area contributed by atoms with Crippen molar-refractivity contribution in [1.82, 2.24) is 0 Å². The van der Waals surface area contributed by atoms with Crippen molar-refractivity contribution in [2.24, 2.45) is 40.4 Å². The highest BCUT2D eigenvalue weighted by Gasteiger charge is 2.78. The standard InChI is InChI=1S/C32H38O7/c1-14(2)25-15(3)23(17(5)33)28(37)32(39)29(38)26-27(36)24-19(9-8-10-20(24)34)16(4)30(26,6)22(31(25,32)7)13-21(35)18-11-12-18/h8-10,14,16,18,22-23,26,34,39H,11-13H2,1-7H3/t16-,22-,23?,26?,30-,31-,32+/m0/s1. The van der Waals surface area contributed by atoms with Crippen molar-refractivity contribution in [3.63, 3.8) is 0 Å². The first kappa shape index (κ1) is 27.6. The maximum absolute atomic E-state index is 14.6. The maximum atomic E-state index is 14.6. The Morgan fingerprint density at radius 3 is 2.23 bits per heavy atom. The predicted molar refractivity (Wildman–Crippen MR) is 143 cm³/mol. The quantitative estimate of drug-likeness (QED) is 0.424. The molecule has 0 spiro atoms. The number of allylic oxidation sites excluding steroid dienone is 1. The van der Waals surface area contributed by atoms with Crippen molar-refractivity contribution in [2.45, 2.75) is 79.2 Å². The van der Waals surface area contributed by atoms with Gasteiger partial charge in [-0.15, -0.1) is 0 Å². The molecule has 0 bridgehead atoms. The lowest BCUT2D eigenvalue weighted by Crippen LogP contribution is -2.77. The number of benzene rings is 1. The van der Waals surface area contributed by atoms with Crippen LogP contribution >= 0.6 is 0 Å². The molecule has 1 aromatic carbocycles. The normalized spacial score (nSPS) is 37.9. The Labute approximate surface area is 229 Å². The van der Waals surface area contributed by atoms with Gasteiger partial charge in [-0.2, -0.15) is 0 Å². The minimum Gasteiger partial charge on any atom is -0.507 e. The van der Waals surface area contributed by atoms with E-state index in [9.17, 15) is 34.2 Å². The summed E-state index contributed by atoms with van der Waals surface area (Å²) >= 11 is 0. The van der Waals surface area contributed by atoms with Crippen LogP contribution in [0.25, 0.3) is 0 Å². The minimum absolute atomic E-state index is 0.00107. The zero-order valence-electron chi connectivity index (χ0n) is 23.8. The van der Waals surface area contributed by atoms with Crippen molar-refractivity contribution < 1.29 is 34.2 Å². The zero-order chi connectivity index (χ0) is 29.0. The van der Waals surface area contributed by atoms with Crippen LogP contribution in [-0.2, 0) is 19.2 Å². The minimum atomic E-state index is -2.68. The molecular weight excluding hydrogens is 496 g/mol. The number of aromatic hydroxyl groups is 1. The van der Waals surface area contributed by atoms with Crippen molar-refractivity contribution in [1.29, 1.82) is 0 Å². The number of hydrogen-bond acceptors (Lipinski definition) is 7. The Morgan fingerprint density at radius 1 is 1.08 bits per heavy atom. The van der Waals surface area contributed by atoms with Crippen molar-refractivity contribution in [3.8, 4) is 5.75 Å². The van der Waals surface area contributed by atoms with E-state index in [0.29, 0.717) is 16.7 Å². The molecule has 39 heavy (non-hydrogen) atoms. The highest BCUT2D eigenvalue weighted by Crippen LogP contribution is 2.70. The molecule has 2 N–H and O–H groups in total. The fraction of sp³-hybridized carbons (Fsp3) is 0.594. The first-order valence-corrected chi connectivity index (χ1v) is 14.0. The Balaban J connectivity index is 1.89. The Bertz CT molecular complexity index is 1380. The van der Waals surface area contributed by atoms with Gasteiger partial charge in [0.05, 0.1) is 11.5 Å². The number of Topliss-reactive ketones (excluding diaryl/α,β-unsaturated/α-hetero) is 5. The molecular formula is C32H38O7. The van der Waals surface area contributed by atoms with E-state index >= 15 is 0 Å². The van der Waals surface area contributed by atoms with Gasteiger partial charge in [-0.25, -0.2) is 0 Å². The van der Waals surface area contributed by atoms with E-state index in [0.717, 1.165) is 12.8 Å². The van der Waals surface area contributed by atoms with Crippen LogP contribution in [0.15, 0.2) is 29.3 Å². The van der Waals surface area contributed by atoms with Crippen molar-refractivity contribution in [2.75, 3.05) is 0 Å². The van der Waals surface area contributed by atoms with E-state index in [1.165, 1.54) is 13.0 Å². The lowest BCUT2D eigenvalue weighted by Gasteiger charge is -2.66. The van der Waals surface area contributed by atoms with Gasteiger partial charge in [0.2, 0.25) is 0 Å². The van der Waals surface area contributed by atoms with Gasteiger partial charge < -0.3 is 10.2 Å². The van der Waals surface area contributed by atoms with Crippen LogP contribution in [0.2, 0.25) is 0 Å². The molecule has 0 aromatic heterocycles. The topological polar surface area (TPSA) is 126 Å². The van der Waals surface area contributed by atoms with E-state index in [1.807, 2.05) is 27.7 Å². The Hall–Kier alpha value is -2.93. The molecule has 2 saturated carbocycles. The lowest BCUT2D eigenvalue weighted by atomic mass is 9.35. The van der Waals surface area contributed by atoms with Gasteiger partial charge >= 0.3 is 0 Å². The van der Waals surface area contributed by atoms with Gasteiger partial charge in [-0.3, -0.25) is 24.0 Å². The summed E-state index contributed by atoms with van der Waals surface area (Å²) in [6, 6.07) is 4.79. The van der Waals surface area contributed by atoms with E-state index in [4.69, 9.17) is 0 Å². The van der Waals surface area contributed by atoms with Gasteiger partial charge in [0.1, 0.15) is 23.2 Å². The zero-order valence-corrected chi connectivity index (χ0v) is 23.8. The summed E-state index contributed by atoms with van der Waals surface area (Å²) in [5.41, 5.74) is -3.61. The molecule has 1 aromatic rings. The van der Waals surface area contributed by atoms with E-state index in [2.05, 4.69) is 0 Å². The molecule has 2 fully saturated rings. The molecule has 0 heterocycles. The Kier molecular flexibility index (Phi) is 6.05. The largest absolute Gasteiger partial charge is 0.507 e. The SMILES string of the molecule is CC(=O)C1C(=O)[C@@]2(O)C(=O)C3C(=O)c4c(O)cccc4[C@H](C)[C@@]3(C)[C@H](CC(=O)C3CC3)[C@@]2(C)C(C(C)C)=C1C. The van der Waals surface area contributed by atoms with Crippen LogP contribution in [0.1, 0.15) is 89.6 Å². The van der Waals surface area contributed by atoms with Gasteiger partial charge in [0, 0.05) is 17.8 Å². The van der Waals surface area contributed by atoms with E-state index in [1.54, 1.807) is 26.0 Å². The molecule has 5 rings (SSSR count). The monoisotopic (exact) mass is 534 g/mol. The third-order valence-corrected chi connectivity index (χ3v) is 10.9. The average Bonchev–Trinajstić information content (AvgIpc) is 3.68. The summed E-state index contributed by atoms with van der Waals surface area (Å²) in [4.78, 5) is 69.4. The van der Waals surface area contributed by atoms with Gasteiger partial charge in [0.25, 0.3) is 0 Å². The van der Waals surface area contributed by atoms with Crippen LogP contribution in [0.3, 0.4) is 0 Å². The first-order valence-electron chi connectivity index (χ1n) is 14.0. The number of rotatable bonds is 5. The van der Waals surface area contributed by atoms with E-state index < -0.39 is 63.2 Å². The molecule has 7 heteroatoms. The summed E-state index contributed by atoms with van der Waals surface area (Å²) in [7, 11) is 0. The summed E-state index contributed by atoms with van der Waals surface area (Å²) in [6.07, 6.45) is 1.54. The summed E-state index contributed by atoms with van der Waals surface area (Å²) < 4.78 is 0. The first-order chi connectivity index (χ1) is 18.1. The van der Waals surface area contributed by atoms with Crippen molar-refractivity contribution in [3.05, 3.63) is 40.5 Å². The highest BCUT2D eigenvalue weighted by atomic mass is 16.3. The van der Waals surface area contributed by atoms with Crippen LogP contribution < -0.4 is 0 Å². The van der Waals surface area contributed by atoms with Gasteiger partial charge in [-0.05, 0) is 61.5 Å². The fourth-order valence-electron chi connectivity index (χ4n) is 8.91. The van der Waals surface area contributed by atoms with Crippen LogP contribution in [-0.4, -0.2) is 44.7 Å². The third-order valence-electron chi connectivity index (χ3n) is 10.9. The molecule has 0 amide bonds. The lowest BCUT2D eigenvalue weighted by molar-refractivity contribution is -0.200. The average molecular weight is 535 g/mol. The number of carbonyl (C=O) groups is 5. The third kappa shape index (κ3) is 3.22. The second kappa shape index (κ2) is 8.53. The second-order valence-corrected chi connectivity index (χ2v) is 13.1. The number of phenols is 1. The molecule has 0 saturated heterocycles. The number of aliphatic hydroxyl groups is 1. The number of carbonyl (C=O) groups excluding carboxylic acids is 5. The fourth-order valence-corrected chi connectivity index (χ4v) is 8.91. The summed E-state index contributed by atoms with van der Waals surface area (Å²) in [5.74, 6) is -7.61. The van der Waals surface area contributed by atoms with Crippen LogP contribution in [0.5, 0.6) is 5.75 Å². The predicted octanol–water partition coefficient (Wildman–Crippen LogP) is 4.38. The van der Waals surface area contributed by atoms with E-state index in [-0.39, 0.29) is 35.4 Å². The van der Waals surface area contributed by atoms with Crippen molar-refractivity contribution >= 4 is 28.9 Å². The number of phenolic OH excluding ortho intramolecular Hbond substituents is 1.